The molecule has 96 valence electrons. The van der Waals surface area contributed by atoms with Crippen LogP contribution in [0.3, 0.4) is 0 Å². The molecule has 0 saturated carbocycles. The molecule has 5 heteroatoms. The number of furan rings is 1. The lowest BCUT2D eigenvalue weighted by atomic mass is 10.1. The standard InChI is InChI=1S/C13H13ClO3S/c1-3-16-12(15)7-9-6-8(2)17-13(9)10-4-5-11(14)18-10/h4-6H,3,7H2,1-2H3. The van der Waals surface area contributed by atoms with E-state index < -0.39 is 0 Å². The first-order valence-electron chi connectivity index (χ1n) is 5.60. The molecule has 0 aliphatic carbocycles. The second-order valence-electron chi connectivity index (χ2n) is 3.80. The van der Waals surface area contributed by atoms with Crippen LogP contribution in [0.5, 0.6) is 0 Å². The van der Waals surface area contributed by atoms with E-state index in [0.717, 1.165) is 16.2 Å². The number of esters is 1. The topological polar surface area (TPSA) is 39.4 Å². The third-order valence-electron chi connectivity index (χ3n) is 2.37. The van der Waals surface area contributed by atoms with Gasteiger partial charge in [-0.2, -0.15) is 0 Å². The molecular formula is C13H13ClO3S. The number of carbonyl (C=O) groups excluding carboxylic acids is 1. The molecule has 0 spiro atoms. The lowest BCUT2D eigenvalue weighted by Crippen LogP contribution is -2.07. The molecule has 0 saturated heterocycles. The van der Waals surface area contributed by atoms with Crippen molar-refractivity contribution in [3.8, 4) is 10.6 Å². The van der Waals surface area contributed by atoms with E-state index >= 15 is 0 Å². The van der Waals surface area contributed by atoms with E-state index in [-0.39, 0.29) is 12.4 Å². The number of aryl methyl sites for hydroxylation is 1. The van der Waals surface area contributed by atoms with E-state index in [1.165, 1.54) is 11.3 Å². The van der Waals surface area contributed by atoms with Gasteiger partial charge in [0.25, 0.3) is 0 Å². The minimum absolute atomic E-state index is 0.218. The Bertz CT molecular complexity index is 556. The van der Waals surface area contributed by atoms with Crippen LogP contribution in [0.25, 0.3) is 10.6 Å². The number of ether oxygens (including phenoxy) is 1. The van der Waals surface area contributed by atoms with Crippen molar-refractivity contribution in [2.45, 2.75) is 20.3 Å². The van der Waals surface area contributed by atoms with Crippen molar-refractivity contribution < 1.29 is 13.9 Å². The Kier molecular flexibility index (Phi) is 4.09. The van der Waals surface area contributed by atoms with Gasteiger partial charge in [-0.15, -0.1) is 11.3 Å². The number of thiophene rings is 1. The summed E-state index contributed by atoms with van der Waals surface area (Å²) in [7, 11) is 0. The highest BCUT2D eigenvalue weighted by atomic mass is 35.5. The Morgan fingerprint density at radius 3 is 2.89 bits per heavy atom. The predicted molar refractivity (Wildman–Crippen MR) is 72.1 cm³/mol. The van der Waals surface area contributed by atoms with Crippen molar-refractivity contribution in [3.05, 3.63) is 33.9 Å². The van der Waals surface area contributed by atoms with E-state index in [9.17, 15) is 4.79 Å². The van der Waals surface area contributed by atoms with E-state index in [1.54, 1.807) is 6.92 Å². The van der Waals surface area contributed by atoms with Crippen molar-refractivity contribution in [1.82, 2.24) is 0 Å². The van der Waals surface area contributed by atoms with Gasteiger partial charge in [-0.3, -0.25) is 4.79 Å². The highest BCUT2D eigenvalue weighted by Gasteiger charge is 2.16. The van der Waals surface area contributed by atoms with Crippen LogP contribution in [0.1, 0.15) is 18.2 Å². The summed E-state index contributed by atoms with van der Waals surface area (Å²) in [6.07, 6.45) is 0.218. The van der Waals surface area contributed by atoms with Crippen molar-refractivity contribution in [2.24, 2.45) is 0 Å². The van der Waals surface area contributed by atoms with Gasteiger partial charge in [-0.1, -0.05) is 11.6 Å². The molecule has 0 bridgehead atoms. The highest BCUT2D eigenvalue weighted by molar-refractivity contribution is 7.19. The average Bonchev–Trinajstić information content (AvgIpc) is 2.85. The van der Waals surface area contributed by atoms with Crippen molar-refractivity contribution in [3.63, 3.8) is 0 Å². The number of halogens is 1. The smallest absolute Gasteiger partial charge is 0.310 e. The van der Waals surface area contributed by atoms with Crippen molar-refractivity contribution >= 4 is 28.9 Å². The zero-order chi connectivity index (χ0) is 13.1. The monoisotopic (exact) mass is 284 g/mol. The molecule has 2 aromatic rings. The molecule has 2 rings (SSSR count). The normalized spacial score (nSPS) is 10.6. The fraction of sp³-hybridized carbons (Fsp3) is 0.308. The van der Waals surface area contributed by atoms with Gasteiger partial charge in [-0.25, -0.2) is 0 Å². The first kappa shape index (κ1) is 13.2. The van der Waals surface area contributed by atoms with E-state index in [0.29, 0.717) is 16.7 Å². The molecule has 0 unspecified atom stereocenters. The van der Waals surface area contributed by atoms with Gasteiger partial charge in [0.2, 0.25) is 0 Å². The zero-order valence-electron chi connectivity index (χ0n) is 10.2. The summed E-state index contributed by atoms with van der Waals surface area (Å²) >= 11 is 7.34. The molecule has 0 aliphatic heterocycles. The third-order valence-corrected chi connectivity index (χ3v) is 3.60. The molecule has 0 amide bonds. The minimum Gasteiger partial charge on any atom is -0.466 e. The summed E-state index contributed by atoms with van der Waals surface area (Å²) in [5, 5.41) is 0. The minimum atomic E-state index is -0.248. The Balaban J connectivity index is 2.28. The zero-order valence-corrected chi connectivity index (χ0v) is 11.7. The van der Waals surface area contributed by atoms with Crippen molar-refractivity contribution in [1.29, 1.82) is 0 Å². The number of rotatable bonds is 4. The molecule has 0 N–H and O–H groups in total. The summed E-state index contributed by atoms with van der Waals surface area (Å²) in [6, 6.07) is 5.56. The Morgan fingerprint density at radius 1 is 1.50 bits per heavy atom. The first-order valence-corrected chi connectivity index (χ1v) is 6.80. The Morgan fingerprint density at radius 2 is 2.28 bits per heavy atom. The van der Waals surface area contributed by atoms with Crippen molar-refractivity contribution in [2.75, 3.05) is 6.61 Å². The Labute approximate surface area is 114 Å². The molecule has 0 aliphatic rings. The maximum Gasteiger partial charge on any atom is 0.310 e. The summed E-state index contributed by atoms with van der Waals surface area (Å²) in [6.45, 7) is 4.03. The van der Waals surface area contributed by atoms with Gasteiger partial charge in [0.15, 0.2) is 0 Å². The largest absolute Gasteiger partial charge is 0.466 e. The third kappa shape index (κ3) is 2.94. The first-order chi connectivity index (χ1) is 8.60. The van der Waals surface area contributed by atoms with Gasteiger partial charge in [0.1, 0.15) is 11.5 Å². The molecule has 2 heterocycles. The van der Waals surface area contributed by atoms with Crippen LogP contribution in [0.4, 0.5) is 0 Å². The molecule has 0 aromatic carbocycles. The lowest BCUT2D eigenvalue weighted by Gasteiger charge is -2.01. The lowest BCUT2D eigenvalue weighted by molar-refractivity contribution is -0.142. The van der Waals surface area contributed by atoms with Crippen LogP contribution >= 0.6 is 22.9 Å². The van der Waals surface area contributed by atoms with E-state index in [1.807, 2.05) is 25.1 Å². The van der Waals surface area contributed by atoms with E-state index in [2.05, 4.69) is 0 Å². The SMILES string of the molecule is CCOC(=O)Cc1cc(C)oc1-c1ccc(Cl)s1. The van der Waals surface area contributed by atoms with Crippen LogP contribution in [0.2, 0.25) is 4.34 Å². The Hall–Kier alpha value is -1.26. The number of carbonyl (C=O) groups is 1. The average molecular weight is 285 g/mol. The maximum absolute atomic E-state index is 11.5. The van der Waals surface area contributed by atoms with Crippen LogP contribution in [-0.4, -0.2) is 12.6 Å². The van der Waals surface area contributed by atoms with Gasteiger partial charge in [0, 0.05) is 5.56 Å². The number of hydrogen-bond acceptors (Lipinski definition) is 4. The van der Waals surface area contributed by atoms with Gasteiger partial charge >= 0.3 is 5.97 Å². The fourth-order valence-corrected chi connectivity index (χ4v) is 2.77. The molecule has 0 atom stereocenters. The molecule has 0 fully saturated rings. The summed E-state index contributed by atoms with van der Waals surface area (Å²) < 4.78 is 11.3. The summed E-state index contributed by atoms with van der Waals surface area (Å²) in [4.78, 5) is 12.4. The van der Waals surface area contributed by atoms with Crippen LogP contribution in [-0.2, 0) is 16.0 Å². The summed E-state index contributed by atoms with van der Waals surface area (Å²) in [5.41, 5.74) is 0.837. The molecule has 18 heavy (non-hydrogen) atoms. The van der Waals surface area contributed by atoms with Crippen LogP contribution in [0.15, 0.2) is 22.6 Å². The highest BCUT2D eigenvalue weighted by Crippen LogP contribution is 2.35. The molecule has 2 aromatic heterocycles. The quantitative estimate of drug-likeness (QED) is 0.794. The van der Waals surface area contributed by atoms with Gasteiger partial charge in [0.05, 0.1) is 22.2 Å². The molecular weight excluding hydrogens is 272 g/mol. The number of hydrogen-bond donors (Lipinski definition) is 0. The van der Waals surface area contributed by atoms with Gasteiger partial charge in [-0.05, 0) is 32.0 Å². The molecule has 3 nitrogen and oxygen atoms in total. The second kappa shape index (κ2) is 5.59. The second-order valence-corrected chi connectivity index (χ2v) is 5.51. The maximum atomic E-state index is 11.5. The van der Waals surface area contributed by atoms with Crippen LogP contribution < -0.4 is 0 Å². The summed E-state index contributed by atoms with van der Waals surface area (Å²) in [5.74, 6) is 1.23. The van der Waals surface area contributed by atoms with E-state index in [4.69, 9.17) is 20.8 Å². The van der Waals surface area contributed by atoms with Gasteiger partial charge < -0.3 is 9.15 Å². The fourth-order valence-electron chi connectivity index (χ4n) is 1.71. The van der Waals surface area contributed by atoms with Crippen LogP contribution in [0, 0.1) is 6.92 Å². The predicted octanol–water partition coefficient (Wildman–Crippen LogP) is 4.08. The molecule has 0 radical (unpaired) electrons.